The van der Waals surface area contributed by atoms with Crippen LogP contribution in [0.1, 0.15) is 42.5 Å². The Bertz CT molecular complexity index is 417. The molecule has 1 aliphatic rings. The number of anilines is 1. The molecule has 92 valence electrons. The van der Waals surface area contributed by atoms with Crippen molar-refractivity contribution in [1.82, 2.24) is 4.98 Å². The maximum absolute atomic E-state index is 13.8. The van der Waals surface area contributed by atoms with Gasteiger partial charge in [-0.2, -0.15) is 0 Å². The number of hydrogen-bond acceptors (Lipinski definition) is 3. The topological polar surface area (TPSA) is 62.2 Å². The molecule has 4 nitrogen and oxygen atoms in total. The average molecular weight is 238 g/mol. The zero-order valence-electron chi connectivity index (χ0n) is 9.45. The summed E-state index contributed by atoms with van der Waals surface area (Å²) in [6, 6.07) is 1.37. The lowest BCUT2D eigenvalue weighted by molar-refractivity contribution is 0.0692. The van der Waals surface area contributed by atoms with Crippen molar-refractivity contribution in [1.29, 1.82) is 0 Å². The number of carbonyl (C=O) groups is 1. The maximum atomic E-state index is 13.8. The highest BCUT2D eigenvalue weighted by Gasteiger charge is 2.19. The fraction of sp³-hybridized carbons (Fsp3) is 0.500. The fourth-order valence-electron chi connectivity index (χ4n) is 2.15. The molecule has 1 aromatic rings. The van der Waals surface area contributed by atoms with E-state index in [0.29, 0.717) is 0 Å². The molecule has 0 atom stereocenters. The van der Waals surface area contributed by atoms with Gasteiger partial charge in [0.25, 0.3) is 0 Å². The molecule has 0 bridgehead atoms. The van der Waals surface area contributed by atoms with Crippen LogP contribution in [-0.2, 0) is 0 Å². The molecule has 0 saturated heterocycles. The molecule has 1 aromatic heterocycles. The van der Waals surface area contributed by atoms with E-state index in [9.17, 15) is 9.18 Å². The molecule has 5 heteroatoms. The second-order valence-electron chi connectivity index (χ2n) is 4.31. The highest BCUT2D eigenvalue weighted by Crippen LogP contribution is 2.23. The molecular weight excluding hydrogens is 223 g/mol. The first-order chi connectivity index (χ1) is 8.18. The van der Waals surface area contributed by atoms with Crippen molar-refractivity contribution in [3.63, 3.8) is 0 Å². The first-order valence-electron chi connectivity index (χ1n) is 5.83. The van der Waals surface area contributed by atoms with Gasteiger partial charge < -0.3 is 10.4 Å². The predicted molar refractivity (Wildman–Crippen MR) is 61.7 cm³/mol. The molecule has 2 N–H and O–H groups in total. The summed E-state index contributed by atoms with van der Waals surface area (Å²) in [5, 5.41) is 11.8. The number of nitrogens with one attached hydrogen (secondary N) is 1. The van der Waals surface area contributed by atoms with Gasteiger partial charge in [-0.3, -0.25) is 0 Å². The first-order valence-corrected chi connectivity index (χ1v) is 5.83. The Morgan fingerprint density at radius 3 is 2.76 bits per heavy atom. The quantitative estimate of drug-likeness (QED) is 0.849. The van der Waals surface area contributed by atoms with Gasteiger partial charge in [0.05, 0.1) is 0 Å². The number of halogens is 1. The Morgan fingerprint density at radius 2 is 2.12 bits per heavy atom. The van der Waals surface area contributed by atoms with E-state index in [4.69, 9.17) is 5.11 Å². The van der Waals surface area contributed by atoms with E-state index in [2.05, 4.69) is 10.3 Å². The smallest absolute Gasteiger partial charge is 0.338 e. The van der Waals surface area contributed by atoms with Crippen molar-refractivity contribution < 1.29 is 14.3 Å². The van der Waals surface area contributed by atoms with Crippen molar-refractivity contribution in [2.24, 2.45) is 0 Å². The largest absolute Gasteiger partial charge is 0.478 e. The molecule has 0 amide bonds. The number of rotatable bonds is 3. The normalized spacial score (nSPS) is 16.8. The molecule has 0 aliphatic heterocycles. The second kappa shape index (κ2) is 5.12. The van der Waals surface area contributed by atoms with E-state index in [0.717, 1.165) is 25.7 Å². The van der Waals surface area contributed by atoms with Crippen LogP contribution in [0, 0.1) is 5.82 Å². The highest BCUT2D eigenvalue weighted by atomic mass is 19.1. The number of carboxylic acid groups (broad SMARTS) is 1. The van der Waals surface area contributed by atoms with Crippen molar-refractivity contribution in [2.45, 2.75) is 38.1 Å². The summed E-state index contributed by atoms with van der Waals surface area (Å²) in [4.78, 5) is 14.6. The summed E-state index contributed by atoms with van der Waals surface area (Å²) in [6.07, 6.45) is 6.74. The van der Waals surface area contributed by atoms with Crippen molar-refractivity contribution in [2.75, 3.05) is 5.32 Å². The molecule has 17 heavy (non-hydrogen) atoms. The minimum atomic E-state index is -1.27. The van der Waals surface area contributed by atoms with E-state index < -0.39 is 11.8 Å². The van der Waals surface area contributed by atoms with Crippen LogP contribution in [0.25, 0.3) is 0 Å². The summed E-state index contributed by atoms with van der Waals surface area (Å²) < 4.78 is 13.8. The van der Waals surface area contributed by atoms with Crippen LogP contribution < -0.4 is 5.32 Å². The number of pyridine rings is 1. The van der Waals surface area contributed by atoms with E-state index in [1.807, 2.05) is 0 Å². The van der Waals surface area contributed by atoms with Crippen molar-refractivity contribution in [3.8, 4) is 0 Å². The van der Waals surface area contributed by atoms with Gasteiger partial charge in [0.1, 0.15) is 5.56 Å². The van der Waals surface area contributed by atoms with Crippen LogP contribution in [0.5, 0.6) is 0 Å². The van der Waals surface area contributed by atoms with Crippen molar-refractivity contribution in [3.05, 3.63) is 23.6 Å². The molecule has 1 aliphatic carbocycles. The highest BCUT2D eigenvalue weighted by molar-refractivity contribution is 5.88. The number of aromatic nitrogens is 1. The van der Waals surface area contributed by atoms with Crippen LogP contribution in [0.2, 0.25) is 0 Å². The van der Waals surface area contributed by atoms with Gasteiger partial charge in [-0.1, -0.05) is 19.3 Å². The number of nitrogens with zero attached hydrogens (tertiary/aromatic N) is 1. The number of aromatic carboxylic acids is 1. The zero-order valence-corrected chi connectivity index (χ0v) is 9.45. The molecule has 0 spiro atoms. The van der Waals surface area contributed by atoms with Gasteiger partial charge in [-0.25, -0.2) is 14.2 Å². The lowest BCUT2D eigenvalue weighted by Gasteiger charge is -2.23. The lowest BCUT2D eigenvalue weighted by atomic mass is 9.95. The van der Waals surface area contributed by atoms with E-state index in [1.54, 1.807) is 0 Å². The summed E-state index contributed by atoms with van der Waals surface area (Å²) in [7, 11) is 0. The summed E-state index contributed by atoms with van der Waals surface area (Å²) in [5.74, 6) is -1.99. The third kappa shape index (κ3) is 2.72. The minimum Gasteiger partial charge on any atom is -0.478 e. The third-order valence-electron chi connectivity index (χ3n) is 3.07. The van der Waals surface area contributed by atoms with E-state index in [-0.39, 0.29) is 17.4 Å². The summed E-state index contributed by atoms with van der Waals surface area (Å²) in [5.41, 5.74) is -0.335. The third-order valence-corrected chi connectivity index (χ3v) is 3.07. The SMILES string of the molecule is O=C(O)c1ccnc(NC2CCCCC2)c1F. The Kier molecular flexibility index (Phi) is 3.56. The van der Waals surface area contributed by atoms with Crippen LogP contribution in [0.15, 0.2) is 12.3 Å². The molecule has 0 radical (unpaired) electrons. The van der Waals surface area contributed by atoms with E-state index >= 15 is 0 Å². The number of hydrogen-bond donors (Lipinski definition) is 2. The van der Waals surface area contributed by atoms with Crippen LogP contribution >= 0.6 is 0 Å². The van der Waals surface area contributed by atoms with Gasteiger partial charge in [-0.15, -0.1) is 0 Å². The van der Waals surface area contributed by atoms with Gasteiger partial charge >= 0.3 is 5.97 Å². The molecule has 1 heterocycles. The van der Waals surface area contributed by atoms with Crippen LogP contribution in [0.3, 0.4) is 0 Å². The minimum absolute atomic E-state index is 0.0526. The Labute approximate surface area is 98.9 Å². The fourth-order valence-corrected chi connectivity index (χ4v) is 2.15. The van der Waals surface area contributed by atoms with Gasteiger partial charge in [-0.05, 0) is 18.9 Å². The van der Waals surface area contributed by atoms with Crippen LogP contribution in [-0.4, -0.2) is 22.1 Å². The molecule has 2 rings (SSSR count). The van der Waals surface area contributed by atoms with Gasteiger partial charge in [0, 0.05) is 12.2 Å². The monoisotopic (exact) mass is 238 g/mol. The second-order valence-corrected chi connectivity index (χ2v) is 4.31. The Balaban J connectivity index is 2.15. The zero-order chi connectivity index (χ0) is 12.3. The average Bonchev–Trinajstić information content (AvgIpc) is 2.33. The molecule has 0 unspecified atom stereocenters. The van der Waals surface area contributed by atoms with Crippen molar-refractivity contribution >= 4 is 11.8 Å². The summed E-state index contributed by atoms with van der Waals surface area (Å²) >= 11 is 0. The maximum Gasteiger partial charge on any atom is 0.338 e. The summed E-state index contributed by atoms with van der Waals surface area (Å²) in [6.45, 7) is 0. The van der Waals surface area contributed by atoms with E-state index in [1.165, 1.54) is 18.7 Å². The number of carboxylic acids is 1. The molecule has 1 fully saturated rings. The first kappa shape index (κ1) is 11.8. The van der Waals surface area contributed by atoms with Crippen LogP contribution in [0.4, 0.5) is 10.2 Å². The molecular formula is C12H15FN2O2. The Morgan fingerprint density at radius 1 is 1.41 bits per heavy atom. The Hall–Kier alpha value is -1.65. The van der Waals surface area contributed by atoms with Gasteiger partial charge in [0.2, 0.25) is 0 Å². The molecule has 0 aromatic carbocycles. The lowest BCUT2D eigenvalue weighted by Crippen LogP contribution is -2.24. The standard InChI is InChI=1S/C12H15FN2O2/c13-10-9(12(16)17)6-7-14-11(10)15-8-4-2-1-3-5-8/h6-8H,1-5H2,(H,14,15)(H,16,17). The molecule has 1 saturated carbocycles. The van der Waals surface area contributed by atoms with Gasteiger partial charge in [0.15, 0.2) is 11.6 Å². The predicted octanol–water partition coefficient (Wildman–Crippen LogP) is 2.66.